The number of aromatic nitrogens is 1. The van der Waals surface area contributed by atoms with E-state index in [9.17, 15) is 10.1 Å². The predicted molar refractivity (Wildman–Crippen MR) is 69.4 cm³/mol. The minimum absolute atomic E-state index is 0.107. The van der Waals surface area contributed by atoms with E-state index >= 15 is 0 Å². The second kappa shape index (κ2) is 5.27. The molecule has 18 heavy (non-hydrogen) atoms. The number of benzene rings is 1. The number of nitro groups is 1. The minimum atomic E-state index is -0.371. The van der Waals surface area contributed by atoms with Gasteiger partial charge >= 0.3 is 0 Å². The Hall–Kier alpha value is -2.43. The van der Waals surface area contributed by atoms with E-state index in [-0.39, 0.29) is 10.6 Å². The molecule has 0 fully saturated rings. The van der Waals surface area contributed by atoms with E-state index in [2.05, 4.69) is 4.98 Å². The molecule has 5 nitrogen and oxygen atoms in total. The Morgan fingerprint density at radius 1 is 1.22 bits per heavy atom. The van der Waals surface area contributed by atoms with Gasteiger partial charge in [-0.1, -0.05) is 18.2 Å². The van der Waals surface area contributed by atoms with Crippen LogP contribution in [0.5, 0.6) is 0 Å². The standard InChI is InChI=1S/C13H13N3O2/c1-15(10-11-6-4-5-9-14-11)12-7-2-3-8-13(12)16(17)18/h2-9H,10H2,1H3. The van der Waals surface area contributed by atoms with Crippen LogP contribution in [0.15, 0.2) is 48.7 Å². The topological polar surface area (TPSA) is 59.3 Å². The molecule has 0 amide bonds. The van der Waals surface area contributed by atoms with Crippen LogP contribution in [0.4, 0.5) is 11.4 Å². The molecule has 92 valence electrons. The van der Waals surface area contributed by atoms with Crippen LogP contribution >= 0.6 is 0 Å². The number of para-hydroxylation sites is 2. The Morgan fingerprint density at radius 2 is 1.94 bits per heavy atom. The van der Waals surface area contributed by atoms with Crippen LogP contribution in [-0.4, -0.2) is 17.0 Å². The molecule has 2 rings (SSSR count). The molecule has 0 N–H and O–H groups in total. The van der Waals surface area contributed by atoms with Gasteiger partial charge in [0.2, 0.25) is 0 Å². The number of anilines is 1. The molecule has 0 aliphatic heterocycles. The van der Waals surface area contributed by atoms with Crippen molar-refractivity contribution >= 4 is 11.4 Å². The van der Waals surface area contributed by atoms with E-state index in [4.69, 9.17) is 0 Å². The summed E-state index contributed by atoms with van der Waals surface area (Å²) >= 11 is 0. The zero-order chi connectivity index (χ0) is 13.0. The van der Waals surface area contributed by atoms with Crippen molar-refractivity contribution in [1.29, 1.82) is 0 Å². The van der Waals surface area contributed by atoms with Gasteiger partial charge in [-0.2, -0.15) is 0 Å². The summed E-state index contributed by atoms with van der Waals surface area (Å²) in [5.74, 6) is 0. The molecule has 1 aromatic carbocycles. The third-order valence-corrected chi connectivity index (χ3v) is 2.61. The summed E-state index contributed by atoms with van der Waals surface area (Å²) < 4.78 is 0. The average Bonchev–Trinajstić information content (AvgIpc) is 2.40. The molecule has 0 aliphatic rings. The van der Waals surface area contributed by atoms with Crippen molar-refractivity contribution in [2.45, 2.75) is 6.54 Å². The van der Waals surface area contributed by atoms with Gasteiger partial charge in [-0.05, 0) is 18.2 Å². The van der Waals surface area contributed by atoms with Gasteiger partial charge in [0.1, 0.15) is 5.69 Å². The zero-order valence-electron chi connectivity index (χ0n) is 9.98. The quantitative estimate of drug-likeness (QED) is 0.611. The van der Waals surface area contributed by atoms with Crippen molar-refractivity contribution in [3.8, 4) is 0 Å². The maximum atomic E-state index is 10.9. The SMILES string of the molecule is CN(Cc1ccccn1)c1ccccc1[N+](=O)[O-]. The third kappa shape index (κ3) is 2.63. The van der Waals surface area contributed by atoms with Crippen LogP contribution < -0.4 is 4.90 Å². The van der Waals surface area contributed by atoms with E-state index in [1.807, 2.05) is 30.1 Å². The highest BCUT2D eigenvalue weighted by Crippen LogP contribution is 2.27. The van der Waals surface area contributed by atoms with Crippen molar-refractivity contribution in [1.82, 2.24) is 4.98 Å². The smallest absolute Gasteiger partial charge is 0.292 e. The van der Waals surface area contributed by atoms with Gasteiger partial charge in [0.15, 0.2) is 0 Å². The summed E-state index contributed by atoms with van der Waals surface area (Å²) in [6.45, 7) is 0.533. The number of nitro benzene ring substituents is 1. The fraction of sp³-hybridized carbons (Fsp3) is 0.154. The number of pyridine rings is 1. The Labute approximate surface area is 105 Å². The first-order chi connectivity index (χ1) is 8.68. The second-order valence-electron chi connectivity index (χ2n) is 3.92. The number of hydrogen-bond donors (Lipinski definition) is 0. The molecule has 0 bridgehead atoms. The fourth-order valence-electron chi connectivity index (χ4n) is 1.76. The molecule has 1 aromatic heterocycles. The van der Waals surface area contributed by atoms with Crippen LogP contribution in [-0.2, 0) is 6.54 Å². The Balaban J connectivity index is 2.24. The normalized spacial score (nSPS) is 10.1. The first kappa shape index (κ1) is 12.0. The summed E-state index contributed by atoms with van der Waals surface area (Å²) in [6.07, 6.45) is 1.71. The van der Waals surface area contributed by atoms with Gasteiger partial charge in [-0.15, -0.1) is 0 Å². The highest BCUT2D eigenvalue weighted by molar-refractivity contribution is 5.62. The zero-order valence-corrected chi connectivity index (χ0v) is 9.98. The summed E-state index contributed by atoms with van der Waals surface area (Å²) in [7, 11) is 1.82. The fourth-order valence-corrected chi connectivity index (χ4v) is 1.76. The lowest BCUT2D eigenvalue weighted by Gasteiger charge is -2.18. The summed E-state index contributed by atoms with van der Waals surface area (Å²) in [6, 6.07) is 12.3. The molecular formula is C13H13N3O2. The highest BCUT2D eigenvalue weighted by atomic mass is 16.6. The number of rotatable bonds is 4. The number of hydrogen-bond acceptors (Lipinski definition) is 4. The van der Waals surface area contributed by atoms with E-state index in [0.29, 0.717) is 12.2 Å². The highest BCUT2D eigenvalue weighted by Gasteiger charge is 2.16. The Kier molecular flexibility index (Phi) is 3.52. The summed E-state index contributed by atoms with van der Waals surface area (Å²) in [5, 5.41) is 10.9. The lowest BCUT2D eigenvalue weighted by molar-refractivity contribution is -0.384. The second-order valence-corrected chi connectivity index (χ2v) is 3.92. The lowest BCUT2D eigenvalue weighted by Crippen LogP contribution is -2.18. The molecule has 0 spiro atoms. The van der Waals surface area contributed by atoms with Crippen molar-refractivity contribution < 1.29 is 4.92 Å². The molecule has 2 aromatic rings. The minimum Gasteiger partial charge on any atom is -0.363 e. The van der Waals surface area contributed by atoms with Crippen molar-refractivity contribution in [3.05, 3.63) is 64.5 Å². The van der Waals surface area contributed by atoms with Gasteiger partial charge in [0, 0.05) is 19.3 Å². The first-order valence-corrected chi connectivity index (χ1v) is 5.53. The first-order valence-electron chi connectivity index (χ1n) is 5.53. The average molecular weight is 243 g/mol. The van der Waals surface area contributed by atoms with E-state index < -0.39 is 0 Å². The van der Waals surface area contributed by atoms with Crippen LogP contribution in [0.1, 0.15) is 5.69 Å². The summed E-state index contributed by atoms with van der Waals surface area (Å²) in [4.78, 5) is 16.6. The lowest BCUT2D eigenvalue weighted by atomic mass is 10.2. The van der Waals surface area contributed by atoms with Crippen LogP contribution in [0.25, 0.3) is 0 Å². The van der Waals surface area contributed by atoms with E-state index in [0.717, 1.165) is 5.69 Å². The maximum absolute atomic E-state index is 10.9. The number of nitrogens with zero attached hydrogens (tertiary/aromatic N) is 3. The summed E-state index contributed by atoms with van der Waals surface area (Å²) in [5.41, 5.74) is 1.57. The van der Waals surface area contributed by atoms with Crippen LogP contribution in [0.3, 0.4) is 0 Å². The largest absolute Gasteiger partial charge is 0.363 e. The molecular weight excluding hydrogens is 230 g/mol. The van der Waals surface area contributed by atoms with Gasteiger partial charge in [-0.3, -0.25) is 15.1 Å². The Bertz CT molecular complexity index is 543. The molecule has 0 aliphatic carbocycles. The van der Waals surface area contributed by atoms with Gasteiger partial charge < -0.3 is 4.90 Å². The van der Waals surface area contributed by atoms with Crippen molar-refractivity contribution in [2.24, 2.45) is 0 Å². The maximum Gasteiger partial charge on any atom is 0.292 e. The molecule has 0 radical (unpaired) electrons. The van der Waals surface area contributed by atoms with Crippen molar-refractivity contribution in [3.63, 3.8) is 0 Å². The monoisotopic (exact) mass is 243 g/mol. The van der Waals surface area contributed by atoms with E-state index in [1.165, 1.54) is 6.07 Å². The molecule has 0 atom stereocenters. The van der Waals surface area contributed by atoms with Gasteiger partial charge in [0.25, 0.3) is 5.69 Å². The molecule has 0 unspecified atom stereocenters. The van der Waals surface area contributed by atoms with Gasteiger partial charge in [0.05, 0.1) is 17.2 Å². The third-order valence-electron chi connectivity index (χ3n) is 2.61. The molecule has 5 heteroatoms. The van der Waals surface area contributed by atoms with Gasteiger partial charge in [-0.25, -0.2) is 0 Å². The Morgan fingerprint density at radius 3 is 2.61 bits per heavy atom. The molecule has 0 saturated heterocycles. The van der Waals surface area contributed by atoms with Crippen molar-refractivity contribution in [2.75, 3.05) is 11.9 Å². The molecule has 0 saturated carbocycles. The van der Waals surface area contributed by atoms with Crippen LogP contribution in [0, 0.1) is 10.1 Å². The molecule has 1 heterocycles. The van der Waals surface area contributed by atoms with E-state index in [1.54, 1.807) is 24.4 Å². The van der Waals surface area contributed by atoms with Crippen LogP contribution in [0.2, 0.25) is 0 Å². The predicted octanol–water partition coefficient (Wildman–Crippen LogP) is 2.63.